The Hall–Kier alpha value is -2.17. The number of rotatable bonds is 4. The number of ether oxygens (including phenoxy) is 2. The molecule has 0 spiro atoms. The van der Waals surface area contributed by atoms with Crippen LogP contribution < -0.4 is 22.8 Å². The number of nitrogens with two attached hydrogens (primary N) is 2. The molecule has 0 bridgehead atoms. The lowest BCUT2D eigenvalue weighted by Crippen LogP contribution is -2.29. The van der Waals surface area contributed by atoms with Crippen LogP contribution in [0.3, 0.4) is 0 Å². The van der Waals surface area contributed by atoms with Crippen LogP contribution in [0.4, 0.5) is 16.0 Å². The molecule has 4 atom stereocenters. The highest BCUT2D eigenvalue weighted by atomic mass is 32.2. The van der Waals surface area contributed by atoms with Crippen molar-refractivity contribution < 1.29 is 24.1 Å². The van der Waals surface area contributed by atoms with E-state index in [-0.39, 0.29) is 30.7 Å². The molecule has 2 aromatic heterocycles. The van der Waals surface area contributed by atoms with E-state index in [9.17, 15) is 14.0 Å². The number of aliphatic hydroxyl groups is 2. The zero-order valence-corrected chi connectivity index (χ0v) is 17.7. The van der Waals surface area contributed by atoms with Crippen molar-refractivity contribution in [2.24, 2.45) is 0 Å². The predicted octanol–water partition coefficient (Wildman–Crippen LogP) is -1.05. The first-order valence-corrected chi connectivity index (χ1v) is 11.1. The number of hydrogen-bond acceptors (Lipinski definition) is 12. The van der Waals surface area contributed by atoms with Crippen molar-refractivity contribution in [3.05, 3.63) is 45.2 Å². The van der Waals surface area contributed by atoms with Gasteiger partial charge in [0.1, 0.15) is 29.1 Å². The number of nitrogen functional groups attached to an aromatic ring is 2. The number of aromatic nitrogens is 4. The van der Waals surface area contributed by atoms with Crippen molar-refractivity contribution in [2.45, 2.75) is 23.3 Å². The molecule has 15 heteroatoms. The summed E-state index contributed by atoms with van der Waals surface area (Å²) < 4.78 is 26.3. The fourth-order valence-corrected chi connectivity index (χ4v) is 4.54. The van der Waals surface area contributed by atoms with Crippen molar-refractivity contribution in [3.63, 3.8) is 0 Å². The van der Waals surface area contributed by atoms with Crippen molar-refractivity contribution in [2.75, 3.05) is 36.2 Å². The Morgan fingerprint density at radius 1 is 1.03 bits per heavy atom. The van der Waals surface area contributed by atoms with Gasteiger partial charge < -0.3 is 31.2 Å². The molecule has 0 unspecified atom stereocenters. The maximum Gasteiger partial charge on any atom is 0.351 e. The minimum Gasteiger partial charge on any atom is -0.393 e. The molecule has 2 aliphatic heterocycles. The van der Waals surface area contributed by atoms with Crippen LogP contribution in [0.2, 0.25) is 0 Å². The summed E-state index contributed by atoms with van der Waals surface area (Å²) in [6.07, 6.45) is 1.54. The lowest BCUT2D eigenvalue weighted by molar-refractivity contribution is -0.00677. The number of nitrogens with zero attached hydrogens (tertiary/aromatic N) is 4. The first-order chi connectivity index (χ1) is 14.8. The van der Waals surface area contributed by atoms with Gasteiger partial charge in [-0.15, -0.1) is 23.5 Å². The Labute approximate surface area is 183 Å². The summed E-state index contributed by atoms with van der Waals surface area (Å²) in [4.78, 5) is 29.8. The monoisotopic (exact) mass is 476 g/mol. The summed E-state index contributed by atoms with van der Waals surface area (Å²) in [6, 6.07) is 1.54. The van der Waals surface area contributed by atoms with E-state index in [0.29, 0.717) is 11.5 Å². The highest BCUT2D eigenvalue weighted by Crippen LogP contribution is 2.31. The average molecular weight is 477 g/mol. The summed E-state index contributed by atoms with van der Waals surface area (Å²) >= 11 is 2.82. The largest absolute Gasteiger partial charge is 0.393 e. The zero-order chi connectivity index (χ0) is 22.5. The van der Waals surface area contributed by atoms with Gasteiger partial charge in [0.15, 0.2) is 11.6 Å². The van der Waals surface area contributed by atoms with E-state index < -0.39 is 34.7 Å². The molecule has 2 aromatic rings. The first kappa shape index (κ1) is 23.5. The van der Waals surface area contributed by atoms with E-state index in [1.54, 1.807) is 12.3 Å². The Bertz CT molecular complexity index is 1020. The SMILES string of the molecule is Nc1ccn([C@H]2CS[C@@H](CO)O2)c(=O)n1.Nc1nc(=O)n([C@@H]2CS[C@H](CO)O2)cc1F. The molecule has 2 saturated heterocycles. The van der Waals surface area contributed by atoms with Crippen LogP contribution in [0.5, 0.6) is 0 Å². The van der Waals surface area contributed by atoms with Gasteiger partial charge in [-0.1, -0.05) is 0 Å². The molecule has 4 rings (SSSR count). The topological polar surface area (TPSA) is 181 Å². The third-order valence-electron chi connectivity index (χ3n) is 4.17. The second-order valence-corrected chi connectivity index (χ2v) is 8.66. The molecular formula is C16H21FN6O6S2. The maximum absolute atomic E-state index is 13.1. The lowest BCUT2D eigenvalue weighted by atomic mass is 10.5. The van der Waals surface area contributed by atoms with Crippen LogP contribution in [0.15, 0.2) is 28.0 Å². The molecule has 4 heterocycles. The van der Waals surface area contributed by atoms with Gasteiger partial charge in [-0.25, -0.2) is 14.0 Å². The van der Waals surface area contributed by atoms with E-state index in [4.69, 9.17) is 31.2 Å². The number of thioether (sulfide) groups is 2. The van der Waals surface area contributed by atoms with Gasteiger partial charge in [0.2, 0.25) is 0 Å². The molecule has 0 aliphatic carbocycles. The Morgan fingerprint density at radius 3 is 2.10 bits per heavy atom. The van der Waals surface area contributed by atoms with Crippen LogP contribution in [0, 0.1) is 5.82 Å². The van der Waals surface area contributed by atoms with Crippen LogP contribution in [-0.4, -0.2) is 64.9 Å². The quantitative estimate of drug-likeness (QED) is 0.421. The second-order valence-electron chi connectivity index (χ2n) is 6.28. The van der Waals surface area contributed by atoms with Gasteiger partial charge in [0.05, 0.1) is 19.4 Å². The fraction of sp³-hybridized carbons (Fsp3) is 0.500. The number of anilines is 2. The minimum absolute atomic E-state index is 0.0572. The van der Waals surface area contributed by atoms with E-state index in [1.165, 1.54) is 28.1 Å². The number of aliphatic hydroxyl groups excluding tert-OH is 2. The number of halogens is 1. The molecule has 2 aliphatic rings. The Balaban J connectivity index is 0.000000176. The van der Waals surface area contributed by atoms with Crippen LogP contribution in [0.25, 0.3) is 0 Å². The van der Waals surface area contributed by atoms with E-state index in [0.717, 1.165) is 10.8 Å². The van der Waals surface area contributed by atoms with E-state index in [2.05, 4.69) is 9.97 Å². The molecule has 0 saturated carbocycles. The third kappa shape index (κ3) is 5.75. The summed E-state index contributed by atoms with van der Waals surface area (Å²) in [7, 11) is 0. The van der Waals surface area contributed by atoms with Crippen molar-refractivity contribution >= 4 is 35.2 Å². The highest BCUT2D eigenvalue weighted by Gasteiger charge is 2.28. The fourth-order valence-electron chi connectivity index (χ4n) is 2.68. The van der Waals surface area contributed by atoms with Gasteiger partial charge in [0.25, 0.3) is 0 Å². The van der Waals surface area contributed by atoms with E-state index >= 15 is 0 Å². The Kier molecular flexibility index (Phi) is 7.90. The van der Waals surface area contributed by atoms with Gasteiger partial charge in [0, 0.05) is 17.7 Å². The second kappa shape index (κ2) is 10.4. The third-order valence-corrected chi connectivity index (χ3v) is 6.39. The summed E-state index contributed by atoms with van der Waals surface area (Å²) in [5.74, 6) is 0.0826. The molecule has 0 radical (unpaired) electrons. The molecule has 170 valence electrons. The van der Waals surface area contributed by atoms with E-state index in [1.807, 2.05) is 0 Å². The Morgan fingerprint density at radius 2 is 1.58 bits per heavy atom. The summed E-state index contributed by atoms with van der Waals surface area (Å²) in [5, 5.41) is 17.7. The molecule has 2 fully saturated rings. The molecule has 31 heavy (non-hydrogen) atoms. The van der Waals surface area contributed by atoms with Crippen LogP contribution >= 0.6 is 23.5 Å². The molecule has 12 nitrogen and oxygen atoms in total. The van der Waals surface area contributed by atoms with Crippen LogP contribution in [-0.2, 0) is 9.47 Å². The predicted molar refractivity (Wildman–Crippen MR) is 113 cm³/mol. The standard InChI is InChI=1S/C8H10FN3O3S.C8H11N3O3S/c9-4-1-12(8(14)11-7(4)10)5-3-16-6(2-13)15-5;9-5-1-2-11(8(13)10-5)6-4-15-7(3-12)14-6/h1,5-6,13H,2-3H2,(H2,10,11,14);1-2,6-7,12H,3-4H2,(H2,9,10,13)/t5-,6+;6-,7+/m01/s1. The number of hydrogen-bond donors (Lipinski definition) is 4. The van der Waals surface area contributed by atoms with Gasteiger partial charge in [-0.05, 0) is 6.07 Å². The van der Waals surface area contributed by atoms with Gasteiger partial charge in [-0.3, -0.25) is 9.13 Å². The van der Waals surface area contributed by atoms with Gasteiger partial charge in [-0.2, -0.15) is 9.97 Å². The molecule has 0 amide bonds. The molecule has 0 aromatic carbocycles. The normalized spacial score (nSPS) is 25.3. The van der Waals surface area contributed by atoms with Crippen molar-refractivity contribution in [3.8, 4) is 0 Å². The average Bonchev–Trinajstić information content (AvgIpc) is 3.40. The van der Waals surface area contributed by atoms with Crippen molar-refractivity contribution in [1.29, 1.82) is 0 Å². The zero-order valence-electron chi connectivity index (χ0n) is 16.0. The smallest absolute Gasteiger partial charge is 0.351 e. The maximum atomic E-state index is 13.1. The minimum atomic E-state index is -0.763. The lowest BCUT2D eigenvalue weighted by Gasteiger charge is -2.13. The first-order valence-electron chi connectivity index (χ1n) is 8.97. The summed E-state index contributed by atoms with van der Waals surface area (Å²) in [6.45, 7) is -0.209. The highest BCUT2D eigenvalue weighted by molar-refractivity contribution is 8.00. The van der Waals surface area contributed by atoms with Crippen molar-refractivity contribution in [1.82, 2.24) is 19.1 Å². The van der Waals surface area contributed by atoms with Crippen LogP contribution in [0.1, 0.15) is 12.5 Å². The molecule has 6 N–H and O–H groups in total. The summed E-state index contributed by atoms with van der Waals surface area (Å²) in [5.41, 5.74) is 8.77. The molecular weight excluding hydrogens is 455 g/mol. The van der Waals surface area contributed by atoms with Gasteiger partial charge >= 0.3 is 11.4 Å².